The van der Waals surface area contributed by atoms with Crippen LogP contribution in [-0.2, 0) is 6.42 Å². The van der Waals surface area contributed by atoms with Gasteiger partial charge in [-0.1, -0.05) is 31.2 Å². The second kappa shape index (κ2) is 7.88. The minimum Gasteiger partial charge on any atom is -0.368 e. The molecule has 1 N–H and O–H groups in total. The first-order valence-corrected chi connectivity index (χ1v) is 8.02. The molecule has 1 heterocycles. The van der Waals surface area contributed by atoms with Crippen molar-refractivity contribution in [3.63, 3.8) is 0 Å². The molecule has 1 aromatic heterocycles. The van der Waals surface area contributed by atoms with Crippen LogP contribution in [-0.4, -0.2) is 35.4 Å². The number of nitro groups is 1. The van der Waals surface area contributed by atoms with Gasteiger partial charge in [-0.15, -0.1) is 0 Å². The van der Waals surface area contributed by atoms with Crippen LogP contribution in [0.2, 0.25) is 0 Å². The Morgan fingerprint density at radius 1 is 1.29 bits per heavy atom. The van der Waals surface area contributed by atoms with Crippen LogP contribution in [0, 0.1) is 17.0 Å². The molecule has 0 aliphatic rings. The van der Waals surface area contributed by atoms with Crippen LogP contribution in [0.15, 0.2) is 36.5 Å². The van der Waals surface area contributed by atoms with Crippen LogP contribution in [0.5, 0.6) is 0 Å². The molecule has 0 fully saturated rings. The maximum Gasteiger partial charge on any atom is 0.287 e. The van der Waals surface area contributed by atoms with Crippen molar-refractivity contribution in [3.8, 4) is 0 Å². The maximum atomic E-state index is 10.8. The highest BCUT2D eigenvalue weighted by Crippen LogP contribution is 2.22. The number of benzene rings is 1. The first-order valence-electron chi connectivity index (χ1n) is 8.02. The highest BCUT2D eigenvalue weighted by molar-refractivity contribution is 5.48. The maximum absolute atomic E-state index is 10.8. The van der Waals surface area contributed by atoms with Gasteiger partial charge >= 0.3 is 0 Å². The summed E-state index contributed by atoms with van der Waals surface area (Å²) in [6.45, 7) is 4.64. The lowest BCUT2D eigenvalue weighted by molar-refractivity contribution is -0.385. The molecule has 1 unspecified atom stereocenters. The first-order chi connectivity index (χ1) is 11.4. The Bertz CT molecular complexity index is 699. The summed E-state index contributed by atoms with van der Waals surface area (Å²) >= 11 is 0. The molecule has 6 nitrogen and oxygen atoms in total. The molecule has 0 radical (unpaired) electrons. The molecule has 1 aromatic carbocycles. The number of hydrogen-bond acceptors (Lipinski definition) is 5. The Kier molecular flexibility index (Phi) is 5.87. The molecular formula is C18H24N4O2. The van der Waals surface area contributed by atoms with Crippen LogP contribution in [0.1, 0.15) is 29.7 Å². The minimum atomic E-state index is -0.429. The van der Waals surface area contributed by atoms with Gasteiger partial charge in [-0.2, -0.15) is 0 Å². The lowest BCUT2D eigenvalue weighted by Crippen LogP contribution is -2.27. The van der Waals surface area contributed by atoms with Crippen molar-refractivity contribution >= 4 is 11.5 Å². The largest absolute Gasteiger partial charge is 0.368 e. The van der Waals surface area contributed by atoms with E-state index in [9.17, 15) is 10.1 Å². The summed E-state index contributed by atoms with van der Waals surface area (Å²) in [5, 5.41) is 14.1. The Morgan fingerprint density at radius 3 is 2.46 bits per heavy atom. The molecule has 128 valence electrons. The second-order valence-electron chi connectivity index (χ2n) is 6.07. The average Bonchev–Trinajstić information content (AvgIpc) is 2.56. The Balaban J connectivity index is 2.12. The predicted octanol–water partition coefficient (Wildman–Crippen LogP) is 3.58. The van der Waals surface area contributed by atoms with Gasteiger partial charge in [-0.05, 0) is 44.1 Å². The fourth-order valence-electron chi connectivity index (χ4n) is 2.61. The number of likely N-dealkylation sites (N-methyl/N-ethyl adjacent to an activating group) is 1. The zero-order valence-corrected chi connectivity index (χ0v) is 14.6. The lowest BCUT2D eigenvalue weighted by atomic mass is 10.0. The van der Waals surface area contributed by atoms with E-state index >= 15 is 0 Å². The number of nitrogens with zero attached hydrogens (tertiary/aromatic N) is 3. The smallest absolute Gasteiger partial charge is 0.287 e. The van der Waals surface area contributed by atoms with Gasteiger partial charge in [0.2, 0.25) is 0 Å². The third-order valence-electron chi connectivity index (χ3n) is 4.13. The molecule has 0 bridgehead atoms. The summed E-state index contributed by atoms with van der Waals surface area (Å²) in [5.74, 6) is 0.678. The summed E-state index contributed by atoms with van der Waals surface area (Å²) < 4.78 is 0. The number of pyridine rings is 1. The third-order valence-corrected chi connectivity index (χ3v) is 4.13. The van der Waals surface area contributed by atoms with E-state index < -0.39 is 4.92 Å². The van der Waals surface area contributed by atoms with Crippen LogP contribution in [0.3, 0.4) is 0 Å². The summed E-state index contributed by atoms with van der Waals surface area (Å²) in [7, 11) is 4.08. The molecule has 0 aliphatic carbocycles. The van der Waals surface area contributed by atoms with Crippen molar-refractivity contribution in [2.24, 2.45) is 0 Å². The van der Waals surface area contributed by atoms with E-state index in [2.05, 4.69) is 46.4 Å². The SMILES string of the molecule is CCc1ccc(C(CNc2ncc([N+](=O)[O-])cc2C)N(C)C)cc1. The van der Waals surface area contributed by atoms with E-state index in [-0.39, 0.29) is 11.7 Å². The monoisotopic (exact) mass is 328 g/mol. The highest BCUT2D eigenvalue weighted by atomic mass is 16.6. The van der Waals surface area contributed by atoms with E-state index in [1.807, 2.05) is 21.0 Å². The molecular weight excluding hydrogens is 304 g/mol. The Labute approximate surface area is 142 Å². The minimum absolute atomic E-state index is 0.0114. The summed E-state index contributed by atoms with van der Waals surface area (Å²) in [4.78, 5) is 16.7. The van der Waals surface area contributed by atoms with E-state index in [0.717, 1.165) is 12.0 Å². The van der Waals surface area contributed by atoms with Gasteiger partial charge in [-0.3, -0.25) is 10.1 Å². The summed E-state index contributed by atoms with van der Waals surface area (Å²) in [6, 6.07) is 10.3. The molecule has 1 atom stereocenters. The van der Waals surface area contributed by atoms with E-state index in [1.54, 1.807) is 0 Å². The van der Waals surface area contributed by atoms with Crippen molar-refractivity contribution in [3.05, 3.63) is 63.3 Å². The number of anilines is 1. The van der Waals surface area contributed by atoms with Gasteiger partial charge in [0.25, 0.3) is 5.69 Å². The number of hydrogen-bond donors (Lipinski definition) is 1. The zero-order valence-electron chi connectivity index (χ0n) is 14.6. The van der Waals surface area contributed by atoms with E-state index in [1.165, 1.54) is 23.4 Å². The standard InChI is InChI=1S/C18H24N4O2/c1-5-14-6-8-15(9-7-14)17(21(3)4)12-20-18-13(2)10-16(11-19-18)22(23)24/h6-11,17H,5,12H2,1-4H3,(H,19,20). The normalized spacial score (nSPS) is 12.2. The number of aromatic nitrogens is 1. The van der Waals surface area contributed by atoms with E-state index in [4.69, 9.17) is 0 Å². The molecule has 0 saturated carbocycles. The quantitative estimate of drug-likeness (QED) is 0.621. The molecule has 0 spiro atoms. The fourth-order valence-corrected chi connectivity index (χ4v) is 2.61. The van der Waals surface area contributed by atoms with Crippen molar-refractivity contribution in [1.29, 1.82) is 0 Å². The number of nitrogens with one attached hydrogen (secondary N) is 1. The van der Waals surface area contributed by atoms with Crippen LogP contribution in [0.25, 0.3) is 0 Å². The Hall–Kier alpha value is -2.47. The van der Waals surface area contributed by atoms with Gasteiger partial charge in [0.15, 0.2) is 0 Å². The van der Waals surface area contributed by atoms with Gasteiger partial charge < -0.3 is 10.2 Å². The summed E-state index contributed by atoms with van der Waals surface area (Å²) in [5.41, 5.74) is 3.32. The molecule has 24 heavy (non-hydrogen) atoms. The molecule has 0 amide bonds. The number of aryl methyl sites for hydroxylation is 2. The van der Waals surface area contributed by atoms with Gasteiger partial charge in [0, 0.05) is 12.6 Å². The van der Waals surface area contributed by atoms with Crippen molar-refractivity contribution in [2.75, 3.05) is 26.0 Å². The summed E-state index contributed by atoms with van der Waals surface area (Å²) in [6.07, 6.45) is 2.31. The molecule has 0 saturated heterocycles. The fraction of sp³-hybridized carbons (Fsp3) is 0.389. The molecule has 0 aliphatic heterocycles. The van der Waals surface area contributed by atoms with Crippen LogP contribution < -0.4 is 5.32 Å². The van der Waals surface area contributed by atoms with Crippen LogP contribution >= 0.6 is 0 Å². The predicted molar refractivity (Wildman–Crippen MR) is 96.4 cm³/mol. The molecule has 2 aromatic rings. The van der Waals surface area contributed by atoms with Crippen molar-refractivity contribution < 1.29 is 4.92 Å². The lowest BCUT2D eigenvalue weighted by Gasteiger charge is -2.26. The van der Waals surface area contributed by atoms with Gasteiger partial charge in [-0.25, -0.2) is 4.98 Å². The zero-order chi connectivity index (χ0) is 17.7. The van der Waals surface area contributed by atoms with Gasteiger partial charge in [0.1, 0.15) is 12.0 Å². The van der Waals surface area contributed by atoms with Crippen molar-refractivity contribution in [2.45, 2.75) is 26.3 Å². The number of rotatable bonds is 7. The van der Waals surface area contributed by atoms with Gasteiger partial charge in [0.05, 0.1) is 11.0 Å². The third kappa shape index (κ3) is 4.29. The second-order valence-corrected chi connectivity index (χ2v) is 6.07. The average molecular weight is 328 g/mol. The topological polar surface area (TPSA) is 71.3 Å². The molecule has 2 rings (SSSR count). The van der Waals surface area contributed by atoms with Crippen molar-refractivity contribution in [1.82, 2.24) is 9.88 Å². The first kappa shape index (κ1) is 17.9. The highest BCUT2D eigenvalue weighted by Gasteiger charge is 2.15. The van der Waals surface area contributed by atoms with Crippen LogP contribution in [0.4, 0.5) is 11.5 Å². The Morgan fingerprint density at radius 2 is 1.96 bits per heavy atom. The van der Waals surface area contributed by atoms with E-state index in [0.29, 0.717) is 12.4 Å². The molecule has 6 heteroatoms.